The van der Waals surface area contributed by atoms with Crippen LogP contribution in [0.4, 0.5) is 4.79 Å². The van der Waals surface area contributed by atoms with Crippen molar-refractivity contribution in [3.8, 4) is 0 Å². The lowest BCUT2D eigenvalue weighted by Crippen LogP contribution is -2.47. The summed E-state index contributed by atoms with van der Waals surface area (Å²) in [5, 5.41) is 5.50. The quantitative estimate of drug-likeness (QED) is 0.589. The standard InChI is InChI=1S/C19H27N5O4/c1-4-13(2)20-19(27)23-17(25)12-24(9-10-28-3)11-16-21-15-8-6-5-7-14(15)18(26)22-16/h5-8,13H,4,9-12H2,1-3H3,(H,21,22,26)(H2,20,23,25,27)/t13-/m1/s1. The topological polar surface area (TPSA) is 116 Å². The Balaban J connectivity index is 2.06. The summed E-state index contributed by atoms with van der Waals surface area (Å²) in [7, 11) is 1.56. The van der Waals surface area contributed by atoms with E-state index in [0.717, 1.165) is 6.42 Å². The summed E-state index contributed by atoms with van der Waals surface area (Å²) in [5.41, 5.74) is 0.356. The van der Waals surface area contributed by atoms with E-state index >= 15 is 0 Å². The maximum absolute atomic E-state index is 12.2. The van der Waals surface area contributed by atoms with Crippen molar-refractivity contribution in [3.63, 3.8) is 0 Å². The van der Waals surface area contributed by atoms with Crippen LogP contribution in [0.2, 0.25) is 0 Å². The predicted octanol–water partition coefficient (Wildman–Crippen LogP) is 0.996. The van der Waals surface area contributed by atoms with Gasteiger partial charge in [-0.15, -0.1) is 0 Å². The molecule has 0 radical (unpaired) electrons. The van der Waals surface area contributed by atoms with E-state index in [9.17, 15) is 14.4 Å². The number of H-pyrrole nitrogens is 1. The van der Waals surface area contributed by atoms with E-state index in [1.165, 1.54) is 0 Å². The fourth-order valence-electron chi connectivity index (χ4n) is 2.59. The lowest BCUT2D eigenvalue weighted by atomic mass is 10.2. The molecule has 0 aliphatic carbocycles. The molecule has 9 nitrogen and oxygen atoms in total. The van der Waals surface area contributed by atoms with E-state index in [0.29, 0.717) is 29.9 Å². The number of para-hydroxylation sites is 1. The number of imide groups is 1. The van der Waals surface area contributed by atoms with E-state index in [2.05, 4.69) is 20.6 Å². The van der Waals surface area contributed by atoms with Gasteiger partial charge in [-0.3, -0.25) is 19.8 Å². The molecule has 0 aliphatic rings. The number of aromatic nitrogens is 2. The monoisotopic (exact) mass is 389 g/mol. The minimum Gasteiger partial charge on any atom is -0.383 e. The zero-order valence-electron chi connectivity index (χ0n) is 16.4. The zero-order valence-corrected chi connectivity index (χ0v) is 16.4. The molecule has 3 amide bonds. The van der Waals surface area contributed by atoms with Gasteiger partial charge in [-0.25, -0.2) is 9.78 Å². The van der Waals surface area contributed by atoms with Gasteiger partial charge in [0.25, 0.3) is 5.56 Å². The number of urea groups is 1. The van der Waals surface area contributed by atoms with Crippen molar-refractivity contribution in [1.29, 1.82) is 0 Å². The van der Waals surface area contributed by atoms with Crippen molar-refractivity contribution in [3.05, 3.63) is 40.4 Å². The second kappa shape index (κ2) is 10.5. The van der Waals surface area contributed by atoms with Crippen molar-refractivity contribution in [2.45, 2.75) is 32.9 Å². The second-order valence-electron chi connectivity index (χ2n) is 6.56. The first-order valence-corrected chi connectivity index (χ1v) is 9.22. The molecule has 1 aromatic heterocycles. The highest BCUT2D eigenvalue weighted by Gasteiger charge is 2.16. The van der Waals surface area contributed by atoms with Crippen LogP contribution in [0.25, 0.3) is 10.9 Å². The van der Waals surface area contributed by atoms with Crippen LogP contribution in [-0.4, -0.2) is 59.7 Å². The van der Waals surface area contributed by atoms with Crippen molar-refractivity contribution in [1.82, 2.24) is 25.5 Å². The Bertz CT molecular complexity index is 867. The Morgan fingerprint density at radius 2 is 2.07 bits per heavy atom. The maximum Gasteiger partial charge on any atom is 0.321 e. The van der Waals surface area contributed by atoms with Crippen molar-refractivity contribution >= 4 is 22.8 Å². The summed E-state index contributed by atoms with van der Waals surface area (Å²) in [6, 6.07) is 6.51. The van der Waals surface area contributed by atoms with Gasteiger partial charge >= 0.3 is 6.03 Å². The second-order valence-corrected chi connectivity index (χ2v) is 6.56. The molecule has 0 saturated carbocycles. The van der Waals surface area contributed by atoms with E-state index < -0.39 is 11.9 Å². The highest BCUT2D eigenvalue weighted by atomic mass is 16.5. The molecule has 0 unspecified atom stereocenters. The Morgan fingerprint density at radius 3 is 2.79 bits per heavy atom. The van der Waals surface area contributed by atoms with Crippen LogP contribution >= 0.6 is 0 Å². The van der Waals surface area contributed by atoms with Gasteiger partial charge in [0, 0.05) is 19.7 Å². The molecule has 0 aliphatic heterocycles. The molecule has 0 fully saturated rings. The summed E-state index contributed by atoms with van der Waals surface area (Å²) < 4.78 is 5.09. The minimum atomic E-state index is -0.525. The lowest BCUT2D eigenvalue weighted by molar-refractivity contribution is -0.121. The van der Waals surface area contributed by atoms with Crippen LogP contribution in [0.1, 0.15) is 26.1 Å². The number of methoxy groups -OCH3 is 1. The van der Waals surface area contributed by atoms with E-state index in [-0.39, 0.29) is 24.7 Å². The number of benzene rings is 1. The Labute approximate surface area is 163 Å². The van der Waals surface area contributed by atoms with Crippen LogP contribution < -0.4 is 16.2 Å². The summed E-state index contributed by atoms with van der Waals surface area (Å²) in [4.78, 5) is 45.2. The number of fused-ring (bicyclic) bond motifs is 1. The molecule has 152 valence electrons. The van der Waals surface area contributed by atoms with Crippen molar-refractivity contribution in [2.24, 2.45) is 0 Å². The number of hydrogen-bond donors (Lipinski definition) is 3. The van der Waals surface area contributed by atoms with Gasteiger partial charge in [-0.2, -0.15) is 0 Å². The molecule has 0 saturated heterocycles. The third kappa shape index (κ3) is 6.43. The smallest absolute Gasteiger partial charge is 0.321 e. The van der Waals surface area contributed by atoms with Gasteiger partial charge < -0.3 is 15.0 Å². The molecule has 9 heteroatoms. The largest absolute Gasteiger partial charge is 0.383 e. The van der Waals surface area contributed by atoms with Gasteiger partial charge in [0.1, 0.15) is 5.82 Å². The number of amides is 3. The van der Waals surface area contributed by atoms with Crippen LogP contribution in [0, 0.1) is 0 Å². The van der Waals surface area contributed by atoms with E-state index in [4.69, 9.17) is 4.74 Å². The molecule has 1 atom stereocenters. The molecule has 0 bridgehead atoms. The highest BCUT2D eigenvalue weighted by Crippen LogP contribution is 2.07. The van der Waals surface area contributed by atoms with Crippen LogP contribution in [-0.2, 0) is 16.1 Å². The number of hydrogen-bond acceptors (Lipinski definition) is 6. The number of rotatable bonds is 9. The molecular formula is C19H27N5O4. The van der Waals surface area contributed by atoms with Crippen LogP contribution in [0.5, 0.6) is 0 Å². The van der Waals surface area contributed by atoms with Crippen LogP contribution in [0.15, 0.2) is 29.1 Å². The molecular weight excluding hydrogens is 362 g/mol. The summed E-state index contributed by atoms with van der Waals surface area (Å²) in [6.45, 7) is 4.84. The molecule has 1 heterocycles. The highest BCUT2D eigenvalue weighted by molar-refractivity contribution is 5.95. The normalized spacial score (nSPS) is 12.1. The first-order chi connectivity index (χ1) is 13.4. The average Bonchev–Trinajstić information content (AvgIpc) is 2.65. The van der Waals surface area contributed by atoms with Crippen LogP contribution in [0.3, 0.4) is 0 Å². The minimum absolute atomic E-state index is 0.0238. The van der Waals surface area contributed by atoms with Gasteiger partial charge in [0.2, 0.25) is 5.91 Å². The molecule has 1 aromatic carbocycles. The average molecular weight is 389 g/mol. The third-order valence-electron chi connectivity index (χ3n) is 4.26. The van der Waals surface area contributed by atoms with Gasteiger partial charge in [0.15, 0.2) is 0 Å². The first kappa shape index (κ1) is 21.5. The molecule has 28 heavy (non-hydrogen) atoms. The third-order valence-corrected chi connectivity index (χ3v) is 4.26. The number of carbonyl (C=O) groups excluding carboxylic acids is 2. The van der Waals surface area contributed by atoms with Gasteiger partial charge in [-0.05, 0) is 25.5 Å². The predicted molar refractivity (Wildman–Crippen MR) is 106 cm³/mol. The first-order valence-electron chi connectivity index (χ1n) is 9.22. The van der Waals surface area contributed by atoms with Crippen molar-refractivity contribution < 1.29 is 14.3 Å². The number of nitrogens with zero attached hydrogens (tertiary/aromatic N) is 2. The van der Waals surface area contributed by atoms with E-state index in [1.807, 2.05) is 19.9 Å². The fourth-order valence-corrected chi connectivity index (χ4v) is 2.59. The molecule has 2 aromatic rings. The summed E-state index contributed by atoms with van der Waals surface area (Å²) in [6.07, 6.45) is 0.766. The SMILES string of the molecule is CC[C@@H](C)NC(=O)NC(=O)CN(CCOC)Cc1nc2ccccc2c(=O)[nH]1. The number of nitrogens with one attached hydrogen (secondary N) is 3. The van der Waals surface area contributed by atoms with Gasteiger partial charge in [0.05, 0.1) is 30.6 Å². The Hall–Kier alpha value is -2.78. The van der Waals surface area contributed by atoms with Gasteiger partial charge in [-0.1, -0.05) is 19.1 Å². The summed E-state index contributed by atoms with van der Waals surface area (Å²) in [5.74, 6) is -0.00305. The number of aromatic amines is 1. The maximum atomic E-state index is 12.2. The Morgan fingerprint density at radius 1 is 1.32 bits per heavy atom. The molecule has 3 N–H and O–H groups in total. The number of ether oxygens (including phenoxy) is 1. The lowest BCUT2D eigenvalue weighted by Gasteiger charge is -2.21. The fraction of sp³-hybridized carbons (Fsp3) is 0.474. The van der Waals surface area contributed by atoms with Crippen molar-refractivity contribution in [2.75, 3.05) is 26.8 Å². The Kier molecular flexibility index (Phi) is 8.09. The summed E-state index contributed by atoms with van der Waals surface area (Å²) >= 11 is 0. The number of carbonyl (C=O) groups is 2. The van der Waals surface area contributed by atoms with E-state index in [1.54, 1.807) is 30.2 Å². The zero-order chi connectivity index (χ0) is 20.5. The molecule has 2 rings (SSSR count). The molecule has 0 spiro atoms.